The van der Waals surface area contributed by atoms with Crippen molar-refractivity contribution in [1.82, 2.24) is 4.98 Å². The second kappa shape index (κ2) is 5.06. The molecule has 1 N–H and O–H groups in total. The Morgan fingerprint density at radius 1 is 1.62 bits per heavy atom. The molecule has 1 aliphatic heterocycles. The highest BCUT2D eigenvalue weighted by atomic mass is 32.2. The summed E-state index contributed by atoms with van der Waals surface area (Å²) in [5, 5.41) is 10.4. The number of hydrogen-bond acceptors (Lipinski definition) is 4. The Hall–Kier alpha value is -0.740. The Morgan fingerprint density at radius 2 is 2.44 bits per heavy atom. The lowest BCUT2D eigenvalue weighted by Crippen LogP contribution is -2.37. The molecule has 2 rings (SSSR count). The van der Waals surface area contributed by atoms with E-state index in [2.05, 4.69) is 16.8 Å². The van der Waals surface area contributed by atoms with E-state index in [-0.39, 0.29) is 0 Å². The van der Waals surface area contributed by atoms with Crippen LogP contribution in [0, 0.1) is 0 Å². The molecule has 1 saturated heterocycles. The van der Waals surface area contributed by atoms with Crippen molar-refractivity contribution in [2.75, 3.05) is 23.7 Å². The number of aliphatic hydroxyl groups excluding tert-OH is 1. The Kier molecular flexibility index (Phi) is 3.71. The van der Waals surface area contributed by atoms with Gasteiger partial charge in [0.25, 0.3) is 0 Å². The van der Waals surface area contributed by atoms with E-state index >= 15 is 0 Å². The molecule has 2 atom stereocenters. The van der Waals surface area contributed by atoms with Crippen LogP contribution >= 0.6 is 11.8 Å². The number of aliphatic hydroxyl groups is 1. The third-order valence-corrected chi connectivity index (χ3v) is 3.94. The zero-order chi connectivity index (χ0) is 11.5. The average molecular weight is 238 g/mol. The standard InChI is InChI=1S/C12H18N2OS/c1-9-8-14(6-7-16-9)12-11(10(2)15)4-3-5-13-12/h3-5,9-10,15H,6-8H2,1-2H3. The van der Waals surface area contributed by atoms with Crippen molar-refractivity contribution >= 4 is 17.6 Å². The highest BCUT2D eigenvalue weighted by molar-refractivity contribution is 8.00. The SMILES string of the molecule is CC1CN(c2ncccc2C(C)O)CCS1. The summed E-state index contributed by atoms with van der Waals surface area (Å²) in [5.41, 5.74) is 0.932. The van der Waals surface area contributed by atoms with Crippen molar-refractivity contribution < 1.29 is 5.11 Å². The fourth-order valence-corrected chi connectivity index (χ4v) is 3.02. The quantitative estimate of drug-likeness (QED) is 0.856. The van der Waals surface area contributed by atoms with Crippen molar-refractivity contribution in [2.45, 2.75) is 25.2 Å². The molecule has 1 fully saturated rings. The van der Waals surface area contributed by atoms with Gasteiger partial charge < -0.3 is 10.0 Å². The summed E-state index contributed by atoms with van der Waals surface area (Å²) in [4.78, 5) is 6.70. The third-order valence-electron chi connectivity index (χ3n) is 2.81. The monoisotopic (exact) mass is 238 g/mol. The molecular weight excluding hydrogens is 220 g/mol. The Balaban J connectivity index is 2.25. The molecule has 1 aliphatic rings. The van der Waals surface area contributed by atoms with E-state index in [4.69, 9.17) is 0 Å². The Bertz CT molecular complexity index is 357. The number of anilines is 1. The van der Waals surface area contributed by atoms with Gasteiger partial charge in [0.05, 0.1) is 6.10 Å². The zero-order valence-electron chi connectivity index (χ0n) is 9.76. The molecule has 16 heavy (non-hydrogen) atoms. The molecule has 3 nitrogen and oxygen atoms in total. The van der Waals surface area contributed by atoms with Gasteiger partial charge in [-0.05, 0) is 13.0 Å². The van der Waals surface area contributed by atoms with Gasteiger partial charge in [-0.15, -0.1) is 0 Å². The van der Waals surface area contributed by atoms with Gasteiger partial charge in [0.15, 0.2) is 0 Å². The first-order valence-electron chi connectivity index (χ1n) is 5.68. The molecule has 0 radical (unpaired) electrons. The van der Waals surface area contributed by atoms with E-state index in [0.29, 0.717) is 5.25 Å². The van der Waals surface area contributed by atoms with Gasteiger partial charge in [0, 0.05) is 35.9 Å². The van der Waals surface area contributed by atoms with Crippen LogP contribution in [0.15, 0.2) is 18.3 Å². The maximum Gasteiger partial charge on any atom is 0.134 e. The van der Waals surface area contributed by atoms with Gasteiger partial charge in [0.2, 0.25) is 0 Å². The molecule has 1 aromatic rings. The van der Waals surface area contributed by atoms with Crippen molar-refractivity contribution in [3.8, 4) is 0 Å². The first-order chi connectivity index (χ1) is 7.68. The summed E-state index contributed by atoms with van der Waals surface area (Å²) in [6, 6.07) is 3.84. The molecule has 0 aliphatic carbocycles. The van der Waals surface area contributed by atoms with Gasteiger partial charge in [-0.1, -0.05) is 13.0 Å². The molecule has 0 spiro atoms. The summed E-state index contributed by atoms with van der Waals surface area (Å²) in [5.74, 6) is 2.08. The lowest BCUT2D eigenvalue weighted by molar-refractivity contribution is 0.199. The Morgan fingerprint density at radius 3 is 3.12 bits per heavy atom. The van der Waals surface area contributed by atoms with E-state index in [1.165, 1.54) is 0 Å². The molecule has 2 heterocycles. The second-order valence-corrected chi connectivity index (χ2v) is 5.77. The normalized spacial score (nSPS) is 23.2. The van der Waals surface area contributed by atoms with Crippen LogP contribution in [0.2, 0.25) is 0 Å². The highest BCUT2D eigenvalue weighted by Crippen LogP contribution is 2.27. The number of aromatic nitrogens is 1. The van der Waals surface area contributed by atoms with E-state index in [9.17, 15) is 5.11 Å². The molecule has 0 aromatic carbocycles. The minimum Gasteiger partial charge on any atom is -0.389 e. The van der Waals surface area contributed by atoms with Crippen LogP contribution in [0.25, 0.3) is 0 Å². The zero-order valence-corrected chi connectivity index (χ0v) is 10.6. The van der Waals surface area contributed by atoms with Gasteiger partial charge in [-0.25, -0.2) is 4.98 Å². The molecular formula is C12H18N2OS. The predicted octanol–water partition coefficient (Wildman–Crippen LogP) is 2.08. The van der Waals surface area contributed by atoms with Gasteiger partial charge in [-0.3, -0.25) is 0 Å². The largest absolute Gasteiger partial charge is 0.389 e. The van der Waals surface area contributed by atoms with Crippen molar-refractivity contribution in [3.63, 3.8) is 0 Å². The van der Waals surface area contributed by atoms with Crippen LogP contribution in [0.3, 0.4) is 0 Å². The topological polar surface area (TPSA) is 36.4 Å². The third kappa shape index (κ3) is 2.50. The fourth-order valence-electron chi connectivity index (χ4n) is 2.01. The average Bonchev–Trinajstić information content (AvgIpc) is 2.29. The molecule has 0 saturated carbocycles. The van der Waals surface area contributed by atoms with Gasteiger partial charge in [0.1, 0.15) is 5.82 Å². The number of hydrogen-bond donors (Lipinski definition) is 1. The summed E-state index contributed by atoms with van der Waals surface area (Å²) in [7, 11) is 0. The number of rotatable bonds is 2. The van der Waals surface area contributed by atoms with E-state index < -0.39 is 6.10 Å². The van der Waals surface area contributed by atoms with Gasteiger partial charge >= 0.3 is 0 Å². The lowest BCUT2D eigenvalue weighted by atomic mass is 10.1. The van der Waals surface area contributed by atoms with Crippen molar-refractivity contribution in [1.29, 1.82) is 0 Å². The molecule has 2 unspecified atom stereocenters. The summed E-state index contributed by atoms with van der Waals surface area (Å²) >= 11 is 2.00. The lowest BCUT2D eigenvalue weighted by Gasteiger charge is -2.33. The predicted molar refractivity (Wildman–Crippen MR) is 69.0 cm³/mol. The smallest absolute Gasteiger partial charge is 0.134 e. The maximum atomic E-state index is 9.73. The number of thioether (sulfide) groups is 1. The van der Waals surface area contributed by atoms with Crippen LogP contribution in [0.1, 0.15) is 25.5 Å². The van der Waals surface area contributed by atoms with Crippen LogP contribution in [-0.2, 0) is 0 Å². The minimum atomic E-state index is -0.450. The van der Waals surface area contributed by atoms with Crippen molar-refractivity contribution in [3.05, 3.63) is 23.9 Å². The fraction of sp³-hybridized carbons (Fsp3) is 0.583. The van der Waals surface area contributed by atoms with Gasteiger partial charge in [-0.2, -0.15) is 11.8 Å². The molecule has 1 aromatic heterocycles. The summed E-state index contributed by atoms with van der Waals surface area (Å²) < 4.78 is 0. The molecule has 88 valence electrons. The first-order valence-corrected chi connectivity index (χ1v) is 6.73. The number of pyridine rings is 1. The Labute approximate surface area is 101 Å². The van der Waals surface area contributed by atoms with E-state index in [0.717, 1.165) is 30.2 Å². The van der Waals surface area contributed by atoms with Crippen molar-refractivity contribution in [2.24, 2.45) is 0 Å². The van der Waals surface area contributed by atoms with Crippen LogP contribution in [-0.4, -0.2) is 34.2 Å². The molecule has 0 amide bonds. The van der Waals surface area contributed by atoms with E-state index in [1.54, 1.807) is 13.1 Å². The van der Waals surface area contributed by atoms with Crippen LogP contribution in [0.4, 0.5) is 5.82 Å². The maximum absolute atomic E-state index is 9.73. The molecule has 4 heteroatoms. The summed E-state index contributed by atoms with van der Waals surface area (Å²) in [6.07, 6.45) is 1.35. The minimum absolute atomic E-state index is 0.450. The summed E-state index contributed by atoms with van der Waals surface area (Å²) in [6.45, 7) is 6.07. The van der Waals surface area contributed by atoms with E-state index in [1.807, 2.05) is 23.9 Å². The second-order valence-electron chi connectivity index (χ2n) is 4.22. The van der Waals surface area contributed by atoms with Crippen LogP contribution in [0.5, 0.6) is 0 Å². The number of nitrogens with zero attached hydrogens (tertiary/aromatic N) is 2. The molecule has 0 bridgehead atoms. The highest BCUT2D eigenvalue weighted by Gasteiger charge is 2.21. The van der Waals surface area contributed by atoms with Crippen LogP contribution < -0.4 is 4.90 Å². The first kappa shape index (κ1) is 11.7.